The van der Waals surface area contributed by atoms with E-state index in [2.05, 4.69) is 12.1 Å². The Morgan fingerprint density at radius 3 is 2.39 bits per heavy atom. The number of benzene rings is 2. The molecule has 0 aliphatic carbocycles. The summed E-state index contributed by atoms with van der Waals surface area (Å²) in [6.45, 7) is 0. The van der Waals surface area contributed by atoms with Gasteiger partial charge in [-0.25, -0.2) is 0 Å². The van der Waals surface area contributed by atoms with Crippen molar-refractivity contribution in [2.24, 2.45) is 5.73 Å². The number of rotatable bonds is 3. The summed E-state index contributed by atoms with van der Waals surface area (Å²) < 4.78 is 10.7. The molecular formula is C21H16N4O2S. The predicted molar refractivity (Wildman–Crippen MR) is 107 cm³/mol. The van der Waals surface area contributed by atoms with Crippen molar-refractivity contribution in [3.05, 3.63) is 70.0 Å². The molecule has 28 heavy (non-hydrogen) atoms. The van der Waals surface area contributed by atoms with Crippen LogP contribution < -0.4 is 20.1 Å². The quantitative estimate of drug-likeness (QED) is 0.853. The van der Waals surface area contributed by atoms with E-state index in [0.717, 1.165) is 21.2 Å². The number of thioether (sulfide) groups is 1. The molecule has 0 amide bonds. The van der Waals surface area contributed by atoms with Crippen molar-refractivity contribution in [3.8, 4) is 23.6 Å². The number of ether oxygens (including phenoxy) is 2. The summed E-state index contributed by atoms with van der Waals surface area (Å²) in [6.07, 6.45) is 0. The van der Waals surface area contributed by atoms with Gasteiger partial charge in [0.1, 0.15) is 10.9 Å². The largest absolute Gasteiger partial charge is 0.493 e. The van der Waals surface area contributed by atoms with E-state index in [1.165, 1.54) is 11.8 Å². The van der Waals surface area contributed by atoms with Gasteiger partial charge in [0.15, 0.2) is 11.5 Å². The number of hydrogen-bond donors (Lipinski definition) is 1. The molecule has 0 fully saturated rings. The molecule has 2 N–H and O–H groups in total. The van der Waals surface area contributed by atoms with Crippen LogP contribution in [0.5, 0.6) is 11.5 Å². The number of hydrogen-bond acceptors (Lipinski definition) is 7. The standard InChI is InChI=1S/C21H16N4O2S/c1-26-16-8-7-12(9-17(16)27-2)19-13(10-22)20(24)25-15-5-3-4-6-18(15)28-21(25)14(19)11-23/h3-9,19H,24H2,1-2H3/t19-/m1/s1. The zero-order valence-electron chi connectivity index (χ0n) is 15.3. The molecule has 4 rings (SSSR count). The summed E-state index contributed by atoms with van der Waals surface area (Å²) >= 11 is 1.49. The molecule has 2 aromatic rings. The van der Waals surface area contributed by atoms with Gasteiger partial charge in [-0.3, -0.25) is 4.90 Å². The van der Waals surface area contributed by atoms with Gasteiger partial charge < -0.3 is 15.2 Å². The molecule has 2 heterocycles. The number of para-hydroxylation sites is 1. The van der Waals surface area contributed by atoms with Crippen molar-refractivity contribution in [1.82, 2.24) is 0 Å². The molecule has 7 heteroatoms. The molecule has 0 bridgehead atoms. The van der Waals surface area contributed by atoms with Crippen molar-refractivity contribution in [2.45, 2.75) is 10.8 Å². The lowest BCUT2D eigenvalue weighted by Crippen LogP contribution is -2.32. The van der Waals surface area contributed by atoms with E-state index in [-0.39, 0.29) is 0 Å². The van der Waals surface area contributed by atoms with Crippen LogP contribution in [0.15, 0.2) is 69.4 Å². The Bertz CT molecular complexity index is 1120. The Balaban J connectivity index is 1.94. The molecule has 2 aliphatic heterocycles. The Kier molecular flexibility index (Phi) is 4.38. The van der Waals surface area contributed by atoms with Gasteiger partial charge in [0.25, 0.3) is 0 Å². The van der Waals surface area contributed by atoms with Crippen molar-refractivity contribution in [3.63, 3.8) is 0 Å². The van der Waals surface area contributed by atoms with Crippen LogP contribution in [0.25, 0.3) is 0 Å². The van der Waals surface area contributed by atoms with Gasteiger partial charge in [0.2, 0.25) is 0 Å². The molecule has 0 unspecified atom stereocenters. The minimum atomic E-state index is -0.567. The zero-order valence-corrected chi connectivity index (χ0v) is 16.1. The third-order valence-electron chi connectivity index (χ3n) is 4.82. The summed E-state index contributed by atoms with van der Waals surface area (Å²) in [5.74, 6) is 0.882. The van der Waals surface area contributed by atoms with Crippen molar-refractivity contribution in [2.75, 3.05) is 19.1 Å². The van der Waals surface area contributed by atoms with Crippen LogP contribution in [0.4, 0.5) is 5.69 Å². The molecule has 0 spiro atoms. The Hall–Kier alpha value is -3.55. The predicted octanol–water partition coefficient (Wildman–Crippen LogP) is 3.84. The molecular weight excluding hydrogens is 372 g/mol. The lowest BCUT2D eigenvalue weighted by atomic mass is 9.83. The van der Waals surface area contributed by atoms with Gasteiger partial charge in [-0.1, -0.05) is 30.0 Å². The molecule has 0 saturated carbocycles. The lowest BCUT2D eigenvalue weighted by molar-refractivity contribution is 0.354. The first kappa shape index (κ1) is 17.8. The van der Waals surface area contributed by atoms with Crippen molar-refractivity contribution in [1.29, 1.82) is 10.5 Å². The van der Waals surface area contributed by atoms with E-state index in [4.69, 9.17) is 15.2 Å². The van der Waals surface area contributed by atoms with Crippen LogP contribution in [0, 0.1) is 22.7 Å². The minimum Gasteiger partial charge on any atom is -0.493 e. The smallest absolute Gasteiger partial charge is 0.161 e. The Morgan fingerprint density at radius 2 is 1.71 bits per heavy atom. The van der Waals surface area contributed by atoms with Crippen LogP contribution >= 0.6 is 11.8 Å². The fraction of sp³-hybridized carbons (Fsp3) is 0.143. The second-order valence-electron chi connectivity index (χ2n) is 6.19. The first-order chi connectivity index (χ1) is 13.6. The van der Waals surface area contributed by atoms with Crippen LogP contribution in [0.3, 0.4) is 0 Å². The van der Waals surface area contributed by atoms with Gasteiger partial charge in [-0.05, 0) is 29.8 Å². The molecule has 1 atom stereocenters. The highest BCUT2D eigenvalue weighted by molar-refractivity contribution is 8.03. The number of anilines is 1. The average molecular weight is 388 g/mol. The first-order valence-electron chi connectivity index (χ1n) is 8.47. The monoisotopic (exact) mass is 388 g/mol. The molecule has 0 saturated heterocycles. The van der Waals surface area contributed by atoms with E-state index >= 15 is 0 Å². The van der Waals surface area contributed by atoms with E-state index < -0.39 is 5.92 Å². The SMILES string of the molecule is COc1ccc([C@@H]2C(C#N)=C(N)N3C(=C2C#N)Sc2ccccc23)cc1OC. The summed E-state index contributed by atoms with van der Waals surface area (Å²) in [6, 6.07) is 17.7. The average Bonchev–Trinajstić information content (AvgIpc) is 3.12. The summed E-state index contributed by atoms with van der Waals surface area (Å²) in [5, 5.41) is 20.6. The van der Waals surface area contributed by atoms with E-state index in [1.807, 2.05) is 30.3 Å². The van der Waals surface area contributed by atoms with Gasteiger partial charge in [0, 0.05) is 4.90 Å². The van der Waals surface area contributed by atoms with Crippen LogP contribution in [0.1, 0.15) is 11.5 Å². The van der Waals surface area contributed by atoms with Gasteiger partial charge >= 0.3 is 0 Å². The zero-order chi connectivity index (χ0) is 19.8. The molecule has 0 aromatic heterocycles. The van der Waals surface area contributed by atoms with Crippen molar-refractivity contribution >= 4 is 17.4 Å². The maximum Gasteiger partial charge on any atom is 0.161 e. The molecule has 138 valence electrons. The topological polar surface area (TPSA) is 95.3 Å². The highest BCUT2D eigenvalue weighted by Crippen LogP contribution is 2.54. The number of methoxy groups -OCH3 is 2. The van der Waals surface area contributed by atoms with Gasteiger partial charge in [0.05, 0.1) is 49.1 Å². The maximum absolute atomic E-state index is 10.00. The highest BCUT2D eigenvalue weighted by Gasteiger charge is 2.40. The fourth-order valence-corrected chi connectivity index (χ4v) is 4.72. The molecule has 0 radical (unpaired) electrons. The number of nitriles is 2. The lowest BCUT2D eigenvalue weighted by Gasteiger charge is -2.31. The van der Waals surface area contributed by atoms with Crippen LogP contribution in [-0.2, 0) is 0 Å². The molecule has 2 aromatic carbocycles. The van der Waals surface area contributed by atoms with Crippen LogP contribution in [0.2, 0.25) is 0 Å². The normalized spacial score (nSPS) is 17.6. The first-order valence-corrected chi connectivity index (χ1v) is 9.29. The Labute approximate surface area is 167 Å². The summed E-state index contributed by atoms with van der Waals surface area (Å²) in [5.41, 5.74) is 8.88. The number of nitrogens with zero attached hydrogens (tertiary/aromatic N) is 3. The van der Waals surface area contributed by atoms with Gasteiger partial charge in [-0.2, -0.15) is 10.5 Å². The van der Waals surface area contributed by atoms with E-state index in [0.29, 0.717) is 28.5 Å². The number of allylic oxidation sites excluding steroid dienone is 2. The van der Waals surface area contributed by atoms with Gasteiger partial charge in [-0.15, -0.1) is 0 Å². The second kappa shape index (κ2) is 6.88. The maximum atomic E-state index is 10.00. The van der Waals surface area contributed by atoms with Crippen molar-refractivity contribution < 1.29 is 9.47 Å². The number of fused-ring (bicyclic) bond motifs is 3. The molecule has 2 aliphatic rings. The second-order valence-corrected chi connectivity index (χ2v) is 7.22. The highest BCUT2D eigenvalue weighted by atomic mass is 32.2. The number of nitrogens with two attached hydrogens (primary N) is 1. The summed E-state index contributed by atoms with van der Waals surface area (Å²) in [7, 11) is 3.11. The van der Waals surface area contributed by atoms with E-state index in [1.54, 1.807) is 31.3 Å². The third kappa shape index (κ3) is 2.49. The van der Waals surface area contributed by atoms with E-state index in [9.17, 15) is 10.5 Å². The minimum absolute atomic E-state index is 0.338. The molecule has 6 nitrogen and oxygen atoms in total. The summed E-state index contributed by atoms with van der Waals surface area (Å²) in [4.78, 5) is 2.80. The third-order valence-corrected chi connectivity index (χ3v) is 5.98. The Morgan fingerprint density at radius 1 is 1.00 bits per heavy atom. The fourth-order valence-electron chi connectivity index (χ4n) is 3.54. The van der Waals surface area contributed by atoms with Crippen LogP contribution in [-0.4, -0.2) is 14.2 Å².